The summed E-state index contributed by atoms with van der Waals surface area (Å²) in [4.78, 5) is 5.28. The quantitative estimate of drug-likeness (QED) is 0.546. The van der Waals surface area contributed by atoms with Crippen LogP contribution in [0.15, 0.2) is 41.5 Å². The molecule has 1 aliphatic carbocycles. The van der Waals surface area contributed by atoms with Crippen LogP contribution in [0.25, 0.3) is 11.3 Å². The molecule has 1 saturated carbocycles. The highest BCUT2D eigenvalue weighted by molar-refractivity contribution is 8.02. The number of imidazole rings is 1. The molecule has 0 unspecified atom stereocenters. The van der Waals surface area contributed by atoms with Gasteiger partial charge in [-0.3, -0.25) is 4.57 Å². The van der Waals surface area contributed by atoms with Crippen molar-refractivity contribution in [2.45, 2.75) is 66.2 Å². The zero-order valence-corrected chi connectivity index (χ0v) is 20.6. The molecule has 2 aromatic rings. The Morgan fingerprint density at radius 2 is 1.90 bits per heavy atom. The fraction of sp³-hybridized carbons (Fsp3) is 0.500. The lowest BCUT2D eigenvalue weighted by molar-refractivity contribution is 0.0956. The molecule has 164 valence electrons. The van der Waals surface area contributed by atoms with E-state index in [2.05, 4.69) is 56.9 Å². The molecule has 0 radical (unpaired) electrons. The second-order valence-electron chi connectivity index (χ2n) is 10.9. The average molecular weight is 436 g/mol. The maximum Gasteiger partial charge on any atom is 0.143 e. The van der Waals surface area contributed by atoms with E-state index in [0.29, 0.717) is 22.2 Å². The fourth-order valence-electron chi connectivity index (χ4n) is 5.83. The molecule has 4 rings (SSSR count). The minimum atomic E-state index is -0.161. The predicted molar refractivity (Wildman–Crippen MR) is 135 cm³/mol. The predicted octanol–water partition coefficient (Wildman–Crippen LogP) is 6.01. The monoisotopic (exact) mass is 436 g/mol. The lowest BCUT2D eigenvalue weighted by atomic mass is 9.61. The molecule has 0 spiro atoms. The van der Waals surface area contributed by atoms with Crippen LogP contribution in [0.2, 0.25) is 0 Å². The van der Waals surface area contributed by atoms with E-state index in [9.17, 15) is 4.39 Å². The standard InChI is InChI=1S/C26H34BFN2S/c1-6-17-9-10-31-15-20(17)24-29-23(18-12-25(2,3)16-26(4,5)13-18)14-30(24)19-7-8-22(28)21(27)11-19/h7-11,14,18H,6,12-13,15-16,27H2,1-5H3. The fourth-order valence-corrected chi connectivity index (χ4v) is 6.67. The number of hydrogen-bond donors (Lipinski definition) is 0. The number of thioether (sulfide) groups is 1. The Bertz CT molecular complexity index is 1030. The first-order valence-electron chi connectivity index (χ1n) is 11.4. The molecular formula is C26H34BFN2S. The molecule has 2 aliphatic rings. The summed E-state index contributed by atoms with van der Waals surface area (Å²) in [6.45, 7) is 11.8. The van der Waals surface area contributed by atoms with Gasteiger partial charge in [-0.05, 0) is 65.7 Å². The normalized spacial score (nSPS) is 21.0. The van der Waals surface area contributed by atoms with E-state index >= 15 is 0 Å². The summed E-state index contributed by atoms with van der Waals surface area (Å²) in [5.74, 6) is 2.23. The molecule has 0 amide bonds. The topological polar surface area (TPSA) is 17.8 Å². The van der Waals surface area contributed by atoms with Crippen molar-refractivity contribution in [3.8, 4) is 5.69 Å². The second kappa shape index (κ2) is 8.31. The molecule has 0 saturated heterocycles. The van der Waals surface area contributed by atoms with Gasteiger partial charge in [-0.2, -0.15) is 0 Å². The summed E-state index contributed by atoms with van der Waals surface area (Å²) in [7, 11) is 1.83. The number of allylic oxidation sites excluding steroid dienone is 2. The van der Waals surface area contributed by atoms with Crippen molar-refractivity contribution in [3.05, 3.63) is 58.8 Å². The van der Waals surface area contributed by atoms with Crippen LogP contribution in [-0.4, -0.2) is 23.2 Å². The lowest BCUT2D eigenvalue weighted by Crippen LogP contribution is -2.33. The third-order valence-electron chi connectivity index (χ3n) is 6.75. The Labute approximate surface area is 191 Å². The van der Waals surface area contributed by atoms with Gasteiger partial charge >= 0.3 is 0 Å². The van der Waals surface area contributed by atoms with Gasteiger partial charge in [-0.25, -0.2) is 9.37 Å². The molecule has 2 heterocycles. The van der Waals surface area contributed by atoms with Crippen molar-refractivity contribution in [3.63, 3.8) is 0 Å². The van der Waals surface area contributed by atoms with Crippen molar-refractivity contribution < 1.29 is 4.39 Å². The molecule has 0 N–H and O–H groups in total. The maximum absolute atomic E-state index is 14.0. The van der Waals surface area contributed by atoms with Gasteiger partial charge in [0.25, 0.3) is 0 Å². The highest BCUT2D eigenvalue weighted by atomic mass is 32.2. The van der Waals surface area contributed by atoms with Crippen molar-refractivity contribution in [2.24, 2.45) is 10.8 Å². The van der Waals surface area contributed by atoms with Crippen LogP contribution >= 0.6 is 11.8 Å². The van der Waals surface area contributed by atoms with Crippen LogP contribution in [0.3, 0.4) is 0 Å². The number of hydrogen-bond acceptors (Lipinski definition) is 2. The van der Waals surface area contributed by atoms with Crippen LogP contribution < -0.4 is 5.46 Å². The van der Waals surface area contributed by atoms with E-state index in [1.165, 1.54) is 23.3 Å². The number of nitrogens with zero attached hydrogens (tertiary/aromatic N) is 2. The first kappa shape index (κ1) is 22.4. The van der Waals surface area contributed by atoms with Gasteiger partial charge in [0, 0.05) is 29.1 Å². The Balaban J connectivity index is 1.85. The van der Waals surface area contributed by atoms with Gasteiger partial charge in [0.15, 0.2) is 0 Å². The zero-order valence-electron chi connectivity index (χ0n) is 19.8. The van der Waals surface area contributed by atoms with E-state index < -0.39 is 0 Å². The van der Waals surface area contributed by atoms with Gasteiger partial charge in [0.2, 0.25) is 0 Å². The van der Waals surface area contributed by atoms with Crippen molar-refractivity contribution in [1.82, 2.24) is 9.55 Å². The molecule has 0 atom stereocenters. The molecule has 2 nitrogen and oxygen atoms in total. The van der Waals surface area contributed by atoms with E-state index in [1.54, 1.807) is 6.07 Å². The molecule has 0 bridgehead atoms. The van der Waals surface area contributed by atoms with E-state index in [1.807, 2.05) is 31.7 Å². The van der Waals surface area contributed by atoms with Gasteiger partial charge < -0.3 is 0 Å². The smallest absolute Gasteiger partial charge is 0.143 e. The molecular weight excluding hydrogens is 402 g/mol. The zero-order chi connectivity index (χ0) is 22.4. The van der Waals surface area contributed by atoms with Gasteiger partial charge in [-0.15, -0.1) is 11.8 Å². The van der Waals surface area contributed by atoms with Gasteiger partial charge in [-0.1, -0.05) is 46.2 Å². The minimum absolute atomic E-state index is 0.161. The lowest BCUT2D eigenvalue weighted by Gasteiger charge is -2.44. The van der Waals surface area contributed by atoms with E-state index in [-0.39, 0.29) is 5.82 Å². The van der Waals surface area contributed by atoms with Crippen molar-refractivity contribution in [2.75, 3.05) is 5.75 Å². The van der Waals surface area contributed by atoms with Crippen molar-refractivity contribution >= 4 is 30.6 Å². The molecule has 31 heavy (non-hydrogen) atoms. The molecule has 1 aromatic carbocycles. The minimum Gasteiger partial charge on any atom is -0.300 e. The summed E-state index contributed by atoms with van der Waals surface area (Å²) in [5.41, 5.74) is 6.10. The molecule has 1 fully saturated rings. The van der Waals surface area contributed by atoms with Gasteiger partial charge in [0.05, 0.1) is 5.69 Å². The highest BCUT2D eigenvalue weighted by Gasteiger charge is 2.40. The first-order chi connectivity index (χ1) is 14.6. The number of aromatic nitrogens is 2. The van der Waals surface area contributed by atoms with Crippen LogP contribution in [0.1, 0.15) is 77.7 Å². The van der Waals surface area contributed by atoms with Crippen molar-refractivity contribution in [1.29, 1.82) is 0 Å². The average Bonchev–Trinajstić information content (AvgIpc) is 3.13. The summed E-state index contributed by atoms with van der Waals surface area (Å²) < 4.78 is 16.2. The molecule has 5 heteroatoms. The highest BCUT2D eigenvalue weighted by Crippen LogP contribution is 2.51. The largest absolute Gasteiger partial charge is 0.300 e. The molecule has 1 aliphatic heterocycles. The Morgan fingerprint density at radius 1 is 1.19 bits per heavy atom. The Hall–Kier alpha value is -1.75. The van der Waals surface area contributed by atoms with Crippen LogP contribution in [0.4, 0.5) is 4.39 Å². The first-order valence-corrected chi connectivity index (χ1v) is 12.5. The second-order valence-corrected chi connectivity index (χ2v) is 11.8. The Morgan fingerprint density at radius 3 is 2.55 bits per heavy atom. The maximum atomic E-state index is 14.0. The van der Waals surface area contributed by atoms with E-state index in [4.69, 9.17) is 4.98 Å². The SMILES string of the molecule is Bc1cc(-n2cc(C3CC(C)(C)CC(C)(C)C3)nc2C2=C(CC)C=CSC2)ccc1F. The number of halogens is 1. The number of benzene rings is 1. The van der Waals surface area contributed by atoms with Crippen LogP contribution in [-0.2, 0) is 0 Å². The Kier molecular flexibility index (Phi) is 6.02. The summed E-state index contributed by atoms with van der Waals surface area (Å²) in [6, 6.07) is 5.40. The molecule has 1 aromatic heterocycles. The van der Waals surface area contributed by atoms with Gasteiger partial charge in [0.1, 0.15) is 19.5 Å². The summed E-state index contributed by atoms with van der Waals surface area (Å²) >= 11 is 1.82. The van der Waals surface area contributed by atoms with Crippen LogP contribution in [0, 0.1) is 16.6 Å². The third-order valence-corrected chi connectivity index (χ3v) is 7.53. The summed E-state index contributed by atoms with van der Waals surface area (Å²) in [5, 5.41) is 2.19. The third kappa shape index (κ3) is 4.72. The summed E-state index contributed by atoms with van der Waals surface area (Å²) in [6.07, 6.45) is 9.00. The number of rotatable bonds is 4. The van der Waals surface area contributed by atoms with E-state index in [0.717, 1.165) is 36.5 Å². The van der Waals surface area contributed by atoms with Crippen LogP contribution in [0.5, 0.6) is 0 Å².